The Balaban J connectivity index is 2.11. The highest BCUT2D eigenvalue weighted by molar-refractivity contribution is 7.92. The predicted molar refractivity (Wildman–Crippen MR) is 101 cm³/mol. The number of rotatable bonds is 8. The minimum Gasteiger partial charge on any atom is -0.296 e. The van der Waals surface area contributed by atoms with Crippen LogP contribution in [0.4, 0.5) is 10.8 Å². The van der Waals surface area contributed by atoms with Crippen LogP contribution in [0.15, 0.2) is 24.3 Å². The number of sulfonamides is 1. The summed E-state index contributed by atoms with van der Waals surface area (Å²) in [5.74, 6) is -0.0489. The maximum Gasteiger partial charge on any atom is 0.257 e. The van der Waals surface area contributed by atoms with Crippen molar-refractivity contribution < 1.29 is 13.2 Å². The molecular formula is C16H22N4O3S2. The third-order valence-electron chi connectivity index (χ3n) is 3.77. The molecular weight excluding hydrogens is 360 g/mol. The van der Waals surface area contributed by atoms with Gasteiger partial charge in [-0.05, 0) is 38.0 Å². The molecule has 0 saturated carbocycles. The molecule has 1 heterocycles. The first kappa shape index (κ1) is 19.3. The van der Waals surface area contributed by atoms with Crippen LogP contribution in [0.3, 0.4) is 0 Å². The summed E-state index contributed by atoms with van der Waals surface area (Å²) in [4.78, 5) is 12.4. The Morgan fingerprint density at radius 2 is 1.92 bits per heavy atom. The zero-order valence-electron chi connectivity index (χ0n) is 14.4. The number of carbonyl (C=O) groups is 1. The maximum atomic E-state index is 12.4. The number of amides is 1. The van der Waals surface area contributed by atoms with Crippen molar-refractivity contribution >= 4 is 38.1 Å². The molecule has 0 bridgehead atoms. The SMILES string of the molecule is CCC(CC)c1nnc(NC(=O)c2cccc(NS(=O)(=O)CC)c2)s1. The molecule has 2 rings (SSSR count). The van der Waals surface area contributed by atoms with E-state index in [9.17, 15) is 13.2 Å². The van der Waals surface area contributed by atoms with Gasteiger partial charge < -0.3 is 0 Å². The summed E-state index contributed by atoms with van der Waals surface area (Å²) in [5, 5.41) is 12.2. The van der Waals surface area contributed by atoms with Crippen molar-refractivity contribution in [2.75, 3.05) is 15.8 Å². The molecule has 0 saturated heterocycles. The monoisotopic (exact) mass is 382 g/mol. The van der Waals surface area contributed by atoms with E-state index in [0.717, 1.165) is 17.8 Å². The molecule has 0 spiro atoms. The van der Waals surface area contributed by atoms with E-state index in [4.69, 9.17) is 0 Å². The second-order valence-corrected chi connectivity index (χ2v) is 8.52. The van der Waals surface area contributed by atoms with Crippen LogP contribution < -0.4 is 10.0 Å². The highest BCUT2D eigenvalue weighted by Crippen LogP contribution is 2.28. The number of nitrogens with one attached hydrogen (secondary N) is 2. The summed E-state index contributed by atoms with van der Waals surface area (Å²) in [6.45, 7) is 5.74. The standard InChI is InChI=1S/C16H22N4O3S2/c1-4-11(5-2)15-18-19-16(24-15)17-14(21)12-8-7-9-13(10-12)20-25(22,23)6-3/h7-11,20H,4-6H2,1-3H3,(H,17,19,21). The van der Waals surface area contributed by atoms with Crippen molar-refractivity contribution in [2.45, 2.75) is 39.5 Å². The second-order valence-electron chi connectivity index (χ2n) is 5.50. The fraction of sp³-hybridized carbons (Fsp3) is 0.438. The van der Waals surface area contributed by atoms with Crippen molar-refractivity contribution in [3.05, 3.63) is 34.8 Å². The number of aromatic nitrogens is 2. The number of nitrogens with zero attached hydrogens (tertiary/aromatic N) is 2. The molecule has 1 amide bonds. The Morgan fingerprint density at radius 1 is 1.20 bits per heavy atom. The molecule has 7 nitrogen and oxygen atoms in total. The topological polar surface area (TPSA) is 101 Å². The van der Waals surface area contributed by atoms with E-state index in [1.807, 2.05) is 0 Å². The largest absolute Gasteiger partial charge is 0.296 e. The predicted octanol–water partition coefficient (Wildman–Crippen LogP) is 3.46. The van der Waals surface area contributed by atoms with Crippen molar-refractivity contribution in [3.63, 3.8) is 0 Å². The molecule has 2 aromatic rings. The molecule has 0 aliphatic carbocycles. The number of hydrogen-bond donors (Lipinski definition) is 2. The van der Waals surface area contributed by atoms with Crippen LogP contribution in [0, 0.1) is 0 Å². The van der Waals surface area contributed by atoms with Crippen LogP contribution >= 0.6 is 11.3 Å². The van der Waals surface area contributed by atoms with Gasteiger partial charge in [-0.25, -0.2) is 8.42 Å². The van der Waals surface area contributed by atoms with Crippen molar-refractivity contribution in [1.82, 2.24) is 10.2 Å². The lowest BCUT2D eigenvalue weighted by Gasteiger charge is -2.08. The van der Waals surface area contributed by atoms with Gasteiger partial charge >= 0.3 is 0 Å². The minimum absolute atomic E-state index is 0.0347. The first-order valence-electron chi connectivity index (χ1n) is 8.13. The van der Waals surface area contributed by atoms with Gasteiger partial charge in [-0.15, -0.1) is 10.2 Å². The molecule has 25 heavy (non-hydrogen) atoms. The minimum atomic E-state index is -3.39. The molecule has 9 heteroatoms. The molecule has 136 valence electrons. The second kappa shape index (κ2) is 8.39. The van der Waals surface area contributed by atoms with Crippen LogP contribution in [-0.2, 0) is 10.0 Å². The number of carbonyl (C=O) groups excluding carboxylic acids is 1. The van der Waals surface area contributed by atoms with E-state index in [1.54, 1.807) is 25.1 Å². The van der Waals surface area contributed by atoms with Crippen molar-refractivity contribution in [2.24, 2.45) is 0 Å². The highest BCUT2D eigenvalue weighted by Gasteiger charge is 2.16. The highest BCUT2D eigenvalue weighted by atomic mass is 32.2. The smallest absolute Gasteiger partial charge is 0.257 e. The average molecular weight is 383 g/mol. The Kier molecular flexibility index (Phi) is 6.49. The van der Waals surface area contributed by atoms with Gasteiger partial charge in [0.25, 0.3) is 5.91 Å². The molecule has 0 aliphatic rings. The summed E-state index contributed by atoms with van der Waals surface area (Å²) in [5.41, 5.74) is 0.695. The van der Waals surface area contributed by atoms with Crippen molar-refractivity contribution in [1.29, 1.82) is 0 Å². The third kappa shape index (κ3) is 5.23. The fourth-order valence-electron chi connectivity index (χ4n) is 2.23. The van der Waals surface area contributed by atoms with Crippen LogP contribution in [0.5, 0.6) is 0 Å². The molecule has 0 radical (unpaired) electrons. The lowest BCUT2D eigenvalue weighted by molar-refractivity contribution is 0.102. The summed E-state index contributed by atoms with van der Waals surface area (Å²) in [6, 6.07) is 6.32. The molecule has 0 unspecified atom stereocenters. The number of hydrogen-bond acceptors (Lipinski definition) is 6. The van der Waals surface area contributed by atoms with E-state index < -0.39 is 10.0 Å². The van der Waals surface area contributed by atoms with E-state index >= 15 is 0 Å². The van der Waals surface area contributed by atoms with Gasteiger partial charge in [0.15, 0.2) is 0 Å². The van der Waals surface area contributed by atoms with Gasteiger partial charge in [0, 0.05) is 17.2 Å². The van der Waals surface area contributed by atoms with E-state index in [2.05, 4.69) is 34.1 Å². The van der Waals surface area contributed by atoms with Gasteiger partial charge in [0.1, 0.15) is 5.01 Å². The molecule has 1 aromatic carbocycles. The van der Waals surface area contributed by atoms with Crippen molar-refractivity contribution in [3.8, 4) is 0 Å². The van der Waals surface area contributed by atoms with E-state index in [-0.39, 0.29) is 11.7 Å². The summed E-state index contributed by atoms with van der Waals surface area (Å²) < 4.78 is 25.7. The zero-order chi connectivity index (χ0) is 18.4. The molecule has 2 N–H and O–H groups in total. The quantitative estimate of drug-likeness (QED) is 0.728. The Bertz CT molecular complexity index is 829. The lowest BCUT2D eigenvalue weighted by Crippen LogP contribution is -2.16. The van der Waals surface area contributed by atoms with Crippen LogP contribution in [0.25, 0.3) is 0 Å². The Morgan fingerprint density at radius 3 is 2.56 bits per heavy atom. The van der Waals surface area contributed by atoms with Gasteiger partial charge in [-0.2, -0.15) is 0 Å². The maximum absolute atomic E-state index is 12.4. The van der Waals surface area contributed by atoms with Crippen LogP contribution in [0.1, 0.15) is 54.9 Å². The van der Waals surface area contributed by atoms with E-state index in [0.29, 0.717) is 22.3 Å². The number of benzene rings is 1. The van der Waals surface area contributed by atoms with Gasteiger partial charge in [-0.3, -0.25) is 14.8 Å². The van der Waals surface area contributed by atoms with E-state index in [1.165, 1.54) is 17.4 Å². The lowest BCUT2D eigenvalue weighted by atomic mass is 10.1. The fourth-order valence-corrected chi connectivity index (χ4v) is 3.87. The van der Waals surface area contributed by atoms with Crippen LogP contribution in [-0.4, -0.2) is 30.3 Å². The normalized spacial score (nSPS) is 11.5. The summed E-state index contributed by atoms with van der Waals surface area (Å²) >= 11 is 1.37. The van der Waals surface area contributed by atoms with Crippen LogP contribution in [0.2, 0.25) is 0 Å². The Labute approximate surface area is 151 Å². The van der Waals surface area contributed by atoms with Gasteiger partial charge in [0.2, 0.25) is 15.2 Å². The molecule has 0 aliphatic heterocycles. The third-order valence-corrected chi connectivity index (χ3v) is 6.08. The molecule has 0 fully saturated rings. The number of anilines is 2. The first-order chi connectivity index (χ1) is 11.9. The first-order valence-corrected chi connectivity index (χ1v) is 10.6. The zero-order valence-corrected chi connectivity index (χ0v) is 16.1. The van der Waals surface area contributed by atoms with Gasteiger partial charge in [-0.1, -0.05) is 31.3 Å². The summed E-state index contributed by atoms with van der Waals surface area (Å²) in [6.07, 6.45) is 1.94. The molecule has 1 aromatic heterocycles. The Hall–Kier alpha value is -2.00. The van der Waals surface area contributed by atoms with Gasteiger partial charge in [0.05, 0.1) is 5.75 Å². The molecule has 0 atom stereocenters. The average Bonchev–Trinajstić information content (AvgIpc) is 3.04. The summed E-state index contributed by atoms with van der Waals surface area (Å²) in [7, 11) is -3.39.